The SMILES string of the molecule is C=C(F)/C=C\C(=C)[C@@H](C)[C@H](c1ccc(N2CCC(CN3CCC(N4Cc5cc6c(cc5C4)C(=O)N(C(C=O)CCC=O)C6)CC3)CC2)cc1)c1ccc(O)cc1C.CNC. The Morgan fingerprint density at radius 3 is 2.18 bits per heavy atom. The highest BCUT2D eigenvalue weighted by atomic mass is 19.1. The van der Waals surface area contributed by atoms with E-state index >= 15 is 0 Å². The third-order valence-electron chi connectivity index (χ3n) is 13.1. The number of halogens is 1. The molecule has 60 heavy (non-hydrogen) atoms. The molecule has 0 bridgehead atoms. The smallest absolute Gasteiger partial charge is 0.255 e. The molecule has 0 aliphatic carbocycles. The number of aldehydes is 2. The summed E-state index contributed by atoms with van der Waals surface area (Å²) in [5.41, 5.74) is 9.56. The fourth-order valence-electron chi connectivity index (χ4n) is 9.74. The Labute approximate surface area is 356 Å². The Morgan fingerprint density at radius 2 is 1.57 bits per heavy atom. The molecule has 2 fully saturated rings. The summed E-state index contributed by atoms with van der Waals surface area (Å²) < 4.78 is 13.5. The Bertz CT molecular complexity index is 2030. The van der Waals surface area contributed by atoms with Crippen molar-refractivity contribution in [2.45, 2.75) is 90.0 Å². The van der Waals surface area contributed by atoms with Crippen LogP contribution in [0.3, 0.4) is 0 Å². The quantitative estimate of drug-likeness (QED) is 0.117. The number of carbonyl (C=O) groups excluding carboxylic acids is 3. The highest BCUT2D eigenvalue weighted by Crippen LogP contribution is 2.40. The number of aryl methyl sites for hydroxylation is 1. The van der Waals surface area contributed by atoms with Crippen LogP contribution in [0.1, 0.15) is 95.1 Å². The minimum absolute atomic E-state index is 0.00695. The van der Waals surface area contributed by atoms with Crippen molar-refractivity contribution in [3.05, 3.63) is 130 Å². The number of phenolic OH excluding ortho intramolecular Hbond substituents is 1. The van der Waals surface area contributed by atoms with Crippen molar-refractivity contribution in [1.82, 2.24) is 20.0 Å². The van der Waals surface area contributed by atoms with Gasteiger partial charge in [0.15, 0.2) is 0 Å². The van der Waals surface area contributed by atoms with Gasteiger partial charge in [0, 0.05) is 68.9 Å². The number of hydrogen-bond acceptors (Lipinski definition) is 8. The summed E-state index contributed by atoms with van der Waals surface area (Å²) in [5.74, 6) is 0.317. The van der Waals surface area contributed by atoms with Crippen LogP contribution in [0, 0.1) is 18.8 Å². The molecule has 4 aliphatic rings. The second-order valence-corrected chi connectivity index (χ2v) is 17.3. The fraction of sp³-hybridized carbons (Fsp3) is 0.460. The van der Waals surface area contributed by atoms with Crippen LogP contribution >= 0.6 is 0 Å². The lowest BCUT2D eigenvalue weighted by Crippen LogP contribution is -2.45. The zero-order chi connectivity index (χ0) is 42.9. The number of carbonyl (C=O) groups is 3. The Morgan fingerprint density at radius 1 is 0.900 bits per heavy atom. The fourth-order valence-corrected chi connectivity index (χ4v) is 9.74. The summed E-state index contributed by atoms with van der Waals surface area (Å²) in [5, 5.41) is 12.9. The average Bonchev–Trinajstić information content (AvgIpc) is 3.81. The number of piperidine rings is 2. The second kappa shape index (κ2) is 20.6. The standard InChI is InChI=1S/C48H57FN4O4.C2H7N/c1-32(7-8-34(3)49)35(4)47(45-14-13-44(56)24-33(45)2)37-9-11-41(12-10-37)51-21-15-36(16-22-51)27-50-19-17-42(18-20-50)52-28-38-25-40-30-53(43(31-55)6-5-23-54)48(57)46(40)26-39(38)29-52;1-3-2/h7-14,23-26,31,35-36,42-43,47,56H,1,3,5-6,15-22,27-30H2,2,4H3;3H,1-2H3/b8-7-;/t35-,43?,47-;/m1./s1. The van der Waals surface area contributed by atoms with Gasteiger partial charge in [-0.25, -0.2) is 4.39 Å². The molecule has 2 saturated heterocycles. The summed E-state index contributed by atoms with van der Waals surface area (Å²) in [7, 11) is 3.75. The Kier molecular flexibility index (Phi) is 15.3. The molecule has 7 rings (SSSR count). The van der Waals surface area contributed by atoms with Crippen LogP contribution in [-0.2, 0) is 29.2 Å². The molecule has 3 atom stereocenters. The lowest BCUT2D eigenvalue weighted by atomic mass is 9.76. The van der Waals surface area contributed by atoms with Crippen LogP contribution in [0.5, 0.6) is 5.75 Å². The first-order valence-electron chi connectivity index (χ1n) is 21.7. The summed E-state index contributed by atoms with van der Waals surface area (Å²) in [6, 6.07) is 18.6. The minimum Gasteiger partial charge on any atom is -0.508 e. The van der Waals surface area contributed by atoms with E-state index in [4.69, 9.17) is 0 Å². The van der Waals surface area contributed by atoms with Crippen molar-refractivity contribution >= 4 is 24.2 Å². The van der Waals surface area contributed by atoms with Crippen molar-refractivity contribution < 1.29 is 23.9 Å². The van der Waals surface area contributed by atoms with Gasteiger partial charge in [0.25, 0.3) is 5.91 Å². The molecule has 10 heteroatoms. The van der Waals surface area contributed by atoms with Gasteiger partial charge in [-0.15, -0.1) is 0 Å². The number of phenols is 1. The van der Waals surface area contributed by atoms with Crippen LogP contribution in [0.2, 0.25) is 0 Å². The molecule has 0 saturated carbocycles. The molecule has 3 aromatic rings. The first-order chi connectivity index (χ1) is 28.9. The summed E-state index contributed by atoms with van der Waals surface area (Å²) in [6.07, 6.45) is 9.97. The van der Waals surface area contributed by atoms with Gasteiger partial charge in [-0.2, -0.15) is 0 Å². The Balaban J connectivity index is 0.00000195. The van der Waals surface area contributed by atoms with Crippen LogP contribution in [0.15, 0.2) is 91.3 Å². The number of anilines is 1. The van der Waals surface area contributed by atoms with E-state index in [0.717, 1.165) is 99.1 Å². The number of hydrogen-bond donors (Lipinski definition) is 2. The van der Waals surface area contributed by atoms with Gasteiger partial charge < -0.3 is 34.7 Å². The molecule has 0 aromatic heterocycles. The third kappa shape index (κ3) is 10.5. The Hall–Kier alpha value is -4.90. The molecule has 0 radical (unpaired) electrons. The number of allylic oxidation sites excluding steroid dienone is 4. The van der Waals surface area contributed by atoms with Gasteiger partial charge in [0.1, 0.15) is 24.1 Å². The van der Waals surface area contributed by atoms with Gasteiger partial charge in [-0.1, -0.05) is 56.0 Å². The molecule has 1 unspecified atom stereocenters. The first kappa shape index (κ1) is 44.6. The highest BCUT2D eigenvalue weighted by Gasteiger charge is 2.36. The molecule has 3 aromatic carbocycles. The van der Waals surface area contributed by atoms with E-state index in [2.05, 4.69) is 76.5 Å². The number of benzene rings is 3. The first-order valence-corrected chi connectivity index (χ1v) is 21.7. The van der Waals surface area contributed by atoms with Gasteiger partial charge in [-0.3, -0.25) is 9.69 Å². The summed E-state index contributed by atoms with van der Waals surface area (Å²) >= 11 is 0. The largest absolute Gasteiger partial charge is 0.508 e. The van der Waals surface area contributed by atoms with E-state index in [-0.39, 0.29) is 29.9 Å². The zero-order valence-corrected chi connectivity index (χ0v) is 36.0. The normalized spacial score (nSPS) is 19.1. The van der Waals surface area contributed by atoms with Crippen molar-refractivity contribution in [2.24, 2.45) is 11.8 Å². The average molecular weight is 818 g/mol. The van der Waals surface area contributed by atoms with Gasteiger partial charge in [-0.05, 0) is 148 Å². The number of nitrogens with zero attached hydrogens (tertiary/aromatic N) is 4. The number of fused-ring (bicyclic) bond motifs is 2. The number of nitrogens with one attached hydrogen (secondary N) is 1. The predicted octanol–water partition coefficient (Wildman–Crippen LogP) is 8.10. The lowest BCUT2D eigenvalue weighted by molar-refractivity contribution is -0.112. The summed E-state index contributed by atoms with van der Waals surface area (Å²) in [6.45, 7) is 19.4. The van der Waals surface area contributed by atoms with Gasteiger partial charge in [0.05, 0.1) is 6.04 Å². The molecule has 2 N–H and O–H groups in total. The maximum Gasteiger partial charge on any atom is 0.255 e. The molecular formula is C50H64FN5O4. The van der Waals surface area contributed by atoms with E-state index in [1.807, 2.05) is 27.1 Å². The molecule has 4 aliphatic heterocycles. The molecule has 9 nitrogen and oxygen atoms in total. The number of amides is 1. The maximum absolute atomic E-state index is 13.5. The summed E-state index contributed by atoms with van der Waals surface area (Å²) in [4.78, 5) is 45.2. The minimum atomic E-state index is -0.554. The van der Waals surface area contributed by atoms with Crippen molar-refractivity contribution in [3.63, 3.8) is 0 Å². The van der Waals surface area contributed by atoms with Crippen LogP contribution in [0.25, 0.3) is 0 Å². The molecular weight excluding hydrogens is 754 g/mol. The zero-order valence-electron chi connectivity index (χ0n) is 36.0. The van der Waals surface area contributed by atoms with Crippen LogP contribution < -0.4 is 10.2 Å². The van der Waals surface area contributed by atoms with Gasteiger partial charge >= 0.3 is 0 Å². The third-order valence-corrected chi connectivity index (χ3v) is 13.1. The van der Waals surface area contributed by atoms with E-state index in [1.165, 1.54) is 35.7 Å². The van der Waals surface area contributed by atoms with Crippen molar-refractivity contribution in [1.29, 1.82) is 0 Å². The van der Waals surface area contributed by atoms with Crippen LogP contribution in [0.4, 0.5) is 10.1 Å². The second-order valence-electron chi connectivity index (χ2n) is 17.3. The van der Waals surface area contributed by atoms with Crippen molar-refractivity contribution in [3.8, 4) is 5.75 Å². The lowest BCUT2D eigenvalue weighted by Gasteiger charge is -2.40. The topological polar surface area (TPSA) is 96.4 Å². The van der Waals surface area contributed by atoms with E-state index in [1.54, 1.807) is 23.1 Å². The molecule has 1 amide bonds. The van der Waals surface area contributed by atoms with Crippen molar-refractivity contribution in [2.75, 3.05) is 51.7 Å². The number of rotatable bonds is 15. The molecule has 0 spiro atoms. The number of aromatic hydroxyl groups is 1. The highest BCUT2D eigenvalue weighted by molar-refractivity contribution is 6.00. The van der Waals surface area contributed by atoms with E-state index in [0.29, 0.717) is 30.5 Å². The maximum atomic E-state index is 13.5. The predicted molar refractivity (Wildman–Crippen MR) is 239 cm³/mol. The van der Waals surface area contributed by atoms with E-state index in [9.17, 15) is 23.9 Å². The van der Waals surface area contributed by atoms with E-state index < -0.39 is 11.9 Å². The van der Waals surface area contributed by atoms with Gasteiger partial charge in [0.2, 0.25) is 0 Å². The number of likely N-dealkylation sites (tertiary alicyclic amines) is 1. The van der Waals surface area contributed by atoms with Crippen LogP contribution in [-0.4, -0.2) is 97.2 Å². The monoisotopic (exact) mass is 817 g/mol. The molecule has 320 valence electrons. The molecule has 4 heterocycles.